The largest absolute Gasteiger partial charge is 0.374 e. The van der Waals surface area contributed by atoms with Gasteiger partial charge >= 0.3 is 0 Å². The Bertz CT molecular complexity index is 1010. The highest BCUT2D eigenvalue weighted by atomic mass is 35.5. The summed E-state index contributed by atoms with van der Waals surface area (Å²) in [7, 11) is 4.23. The van der Waals surface area contributed by atoms with Crippen molar-refractivity contribution in [2.75, 3.05) is 38.6 Å². The molecular formula is C24H33ClN4O2. The van der Waals surface area contributed by atoms with Gasteiger partial charge in [-0.3, -0.25) is 9.59 Å². The first-order valence-corrected chi connectivity index (χ1v) is 11.2. The zero-order valence-electron chi connectivity index (χ0n) is 19.1. The van der Waals surface area contributed by atoms with Crippen molar-refractivity contribution in [2.45, 2.75) is 40.2 Å². The maximum atomic E-state index is 13.0. The molecule has 1 aromatic heterocycles. The maximum absolute atomic E-state index is 13.0. The number of piperidine rings is 1. The molecule has 2 aromatic rings. The van der Waals surface area contributed by atoms with Crippen LogP contribution in [0.1, 0.15) is 45.6 Å². The molecule has 0 spiro atoms. The third-order valence-electron chi connectivity index (χ3n) is 6.29. The van der Waals surface area contributed by atoms with Crippen molar-refractivity contribution in [1.82, 2.24) is 15.2 Å². The minimum absolute atomic E-state index is 0.167. The van der Waals surface area contributed by atoms with Crippen LogP contribution in [0.25, 0.3) is 0 Å². The van der Waals surface area contributed by atoms with Gasteiger partial charge in [0.25, 0.3) is 11.5 Å². The van der Waals surface area contributed by atoms with Gasteiger partial charge in [-0.05, 0) is 89.0 Å². The quantitative estimate of drug-likeness (QED) is 0.713. The second-order valence-corrected chi connectivity index (χ2v) is 9.29. The highest BCUT2D eigenvalue weighted by Crippen LogP contribution is 2.29. The lowest BCUT2D eigenvalue weighted by atomic mass is 9.96. The molecule has 1 saturated heterocycles. The smallest absolute Gasteiger partial charge is 0.253 e. The van der Waals surface area contributed by atoms with Gasteiger partial charge < -0.3 is 20.1 Å². The minimum Gasteiger partial charge on any atom is -0.374 e. The number of H-pyrrole nitrogens is 1. The van der Waals surface area contributed by atoms with Gasteiger partial charge in [-0.1, -0.05) is 11.6 Å². The summed E-state index contributed by atoms with van der Waals surface area (Å²) in [4.78, 5) is 32.6. The number of aromatic amines is 1. The Morgan fingerprint density at radius 1 is 1.23 bits per heavy atom. The van der Waals surface area contributed by atoms with E-state index in [0.29, 0.717) is 22.1 Å². The lowest BCUT2D eigenvalue weighted by Gasteiger charge is -2.33. The molecule has 0 atom stereocenters. The molecule has 1 aromatic carbocycles. The van der Waals surface area contributed by atoms with Crippen LogP contribution in [-0.2, 0) is 6.54 Å². The van der Waals surface area contributed by atoms with Gasteiger partial charge in [0, 0.05) is 47.7 Å². The molecule has 1 amide bonds. The fraction of sp³-hybridized carbons (Fsp3) is 0.500. The molecule has 0 unspecified atom stereocenters. The third kappa shape index (κ3) is 5.69. The highest BCUT2D eigenvalue weighted by Gasteiger charge is 2.21. The van der Waals surface area contributed by atoms with Crippen molar-refractivity contribution in [2.24, 2.45) is 5.92 Å². The number of hydrogen-bond acceptors (Lipinski definition) is 4. The zero-order valence-corrected chi connectivity index (χ0v) is 19.9. The third-order valence-corrected chi connectivity index (χ3v) is 6.51. The van der Waals surface area contributed by atoms with Gasteiger partial charge in [0.2, 0.25) is 0 Å². The number of hydrogen-bond donors (Lipinski definition) is 2. The second kappa shape index (κ2) is 9.88. The molecular weight excluding hydrogens is 412 g/mol. The zero-order chi connectivity index (χ0) is 22.7. The Morgan fingerprint density at radius 2 is 1.90 bits per heavy atom. The maximum Gasteiger partial charge on any atom is 0.253 e. The van der Waals surface area contributed by atoms with E-state index in [-0.39, 0.29) is 18.0 Å². The van der Waals surface area contributed by atoms with Gasteiger partial charge in [0.05, 0.1) is 0 Å². The number of rotatable bonds is 6. The molecule has 1 aliphatic heterocycles. The van der Waals surface area contributed by atoms with Gasteiger partial charge in [-0.2, -0.15) is 0 Å². The number of benzene rings is 1. The number of aryl methyl sites for hydroxylation is 2. The number of carbonyl (C=O) groups is 1. The van der Waals surface area contributed by atoms with E-state index in [0.717, 1.165) is 42.1 Å². The van der Waals surface area contributed by atoms with Crippen LogP contribution in [0.5, 0.6) is 0 Å². The summed E-state index contributed by atoms with van der Waals surface area (Å²) >= 11 is 6.39. The van der Waals surface area contributed by atoms with Gasteiger partial charge in [0.15, 0.2) is 0 Å². The van der Waals surface area contributed by atoms with Crippen LogP contribution < -0.4 is 15.8 Å². The second-order valence-electron chi connectivity index (χ2n) is 8.85. The topological polar surface area (TPSA) is 68.4 Å². The van der Waals surface area contributed by atoms with E-state index in [1.54, 1.807) is 6.07 Å². The average Bonchev–Trinajstić information content (AvgIpc) is 2.70. The van der Waals surface area contributed by atoms with Crippen molar-refractivity contribution < 1.29 is 4.79 Å². The molecule has 0 bridgehead atoms. The summed E-state index contributed by atoms with van der Waals surface area (Å²) < 4.78 is 0. The van der Waals surface area contributed by atoms with Crippen LogP contribution in [0.2, 0.25) is 5.02 Å². The monoisotopic (exact) mass is 444 g/mol. The van der Waals surface area contributed by atoms with Crippen molar-refractivity contribution in [3.63, 3.8) is 0 Å². The number of carbonyl (C=O) groups excluding carboxylic acids is 1. The number of pyridine rings is 1. The molecule has 3 rings (SSSR count). The first kappa shape index (κ1) is 23.4. The Balaban J connectivity index is 1.75. The SMILES string of the molecule is Cc1cc(C)c(CNC(=O)c2cc(Cl)cc(N(C)CC3CCN(C)CC3)c2C)c(=O)[nH]1. The van der Waals surface area contributed by atoms with Crippen molar-refractivity contribution >= 4 is 23.2 Å². The number of aromatic nitrogens is 1. The summed E-state index contributed by atoms with van der Waals surface area (Å²) in [5.74, 6) is 0.404. The molecule has 2 heterocycles. The molecule has 31 heavy (non-hydrogen) atoms. The fourth-order valence-electron chi connectivity index (χ4n) is 4.39. The summed E-state index contributed by atoms with van der Waals surface area (Å²) in [5.41, 5.74) is 4.48. The molecule has 0 radical (unpaired) electrons. The lowest BCUT2D eigenvalue weighted by molar-refractivity contribution is 0.0950. The van der Waals surface area contributed by atoms with Crippen molar-refractivity contribution in [3.05, 3.63) is 61.5 Å². The molecule has 1 aliphatic rings. The van der Waals surface area contributed by atoms with Crippen molar-refractivity contribution in [1.29, 1.82) is 0 Å². The number of nitrogens with zero attached hydrogens (tertiary/aromatic N) is 2. The molecule has 0 aliphatic carbocycles. The fourth-order valence-corrected chi connectivity index (χ4v) is 4.60. The van der Waals surface area contributed by atoms with Crippen LogP contribution in [0.15, 0.2) is 23.0 Å². The predicted molar refractivity (Wildman–Crippen MR) is 127 cm³/mol. The lowest BCUT2D eigenvalue weighted by Crippen LogP contribution is -2.36. The van der Waals surface area contributed by atoms with Crippen LogP contribution in [-0.4, -0.2) is 49.5 Å². The molecule has 1 fully saturated rings. The first-order valence-electron chi connectivity index (χ1n) is 10.8. The van der Waals surface area contributed by atoms with E-state index in [9.17, 15) is 9.59 Å². The predicted octanol–water partition coefficient (Wildman–Crippen LogP) is 3.66. The van der Waals surface area contributed by atoms with Gasteiger partial charge in [-0.25, -0.2) is 0 Å². The van der Waals surface area contributed by atoms with Crippen LogP contribution in [0, 0.1) is 26.7 Å². The summed E-state index contributed by atoms with van der Waals surface area (Å²) in [5, 5.41) is 3.43. The summed E-state index contributed by atoms with van der Waals surface area (Å²) in [6.45, 7) is 9.04. The van der Waals surface area contributed by atoms with E-state index < -0.39 is 0 Å². The number of nitrogens with one attached hydrogen (secondary N) is 2. The van der Waals surface area contributed by atoms with Crippen LogP contribution in [0.3, 0.4) is 0 Å². The molecule has 2 N–H and O–H groups in total. The van der Waals surface area contributed by atoms with Gasteiger partial charge in [-0.15, -0.1) is 0 Å². The normalized spacial score (nSPS) is 15.2. The Hall–Kier alpha value is -2.31. The molecule has 0 saturated carbocycles. The van der Waals surface area contributed by atoms with Crippen molar-refractivity contribution in [3.8, 4) is 0 Å². The number of likely N-dealkylation sites (tertiary alicyclic amines) is 1. The van der Waals surface area contributed by atoms with E-state index in [1.165, 1.54) is 12.8 Å². The summed E-state index contributed by atoms with van der Waals surface area (Å²) in [6, 6.07) is 5.53. The Labute approximate surface area is 189 Å². The van der Waals surface area contributed by atoms with Gasteiger partial charge in [0.1, 0.15) is 0 Å². The standard InChI is InChI=1S/C24H33ClN4O2/c1-15-10-16(2)27-24(31)21(15)13-26-23(30)20-11-19(25)12-22(17(20)3)29(5)14-18-6-8-28(4)9-7-18/h10-12,18H,6-9,13-14H2,1-5H3,(H,26,30)(H,27,31). The number of amides is 1. The Kier molecular flexibility index (Phi) is 7.44. The van der Waals surface area contributed by atoms with Crippen LogP contribution >= 0.6 is 11.6 Å². The molecule has 7 heteroatoms. The Morgan fingerprint density at radius 3 is 2.55 bits per heavy atom. The number of anilines is 1. The molecule has 6 nitrogen and oxygen atoms in total. The van der Waals surface area contributed by atoms with E-state index in [4.69, 9.17) is 11.6 Å². The first-order chi connectivity index (χ1) is 14.7. The number of halogens is 1. The minimum atomic E-state index is -0.228. The highest BCUT2D eigenvalue weighted by molar-refractivity contribution is 6.31. The van der Waals surface area contributed by atoms with E-state index in [2.05, 4.69) is 34.2 Å². The molecule has 168 valence electrons. The van der Waals surface area contributed by atoms with E-state index in [1.807, 2.05) is 32.9 Å². The summed E-state index contributed by atoms with van der Waals surface area (Å²) in [6.07, 6.45) is 2.36. The van der Waals surface area contributed by atoms with Crippen LogP contribution in [0.4, 0.5) is 5.69 Å². The van der Waals surface area contributed by atoms with E-state index >= 15 is 0 Å². The average molecular weight is 445 g/mol.